The number of hydrogen-bond acceptors (Lipinski definition) is 2. The second-order valence-corrected chi connectivity index (χ2v) is 12.5. The molecule has 47 heavy (non-hydrogen) atoms. The number of aryl methyl sites for hydroxylation is 4. The van der Waals surface area contributed by atoms with E-state index in [0.29, 0.717) is 0 Å². The van der Waals surface area contributed by atoms with Crippen LogP contribution in [0, 0.1) is 20.8 Å². The highest BCUT2D eigenvalue weighted by atomic mass is 14.7. The van der Waals surface area contributed by atoms with Gasteiger partial charge in [-0.3, -0.25) is 0 Å². The zero-order chi connectivity index (χ0) is 32.3. The molecule has 0 bridgehead atoms. The van der Waals surface area contributed by atoms with E-state index in [9.17, 15) is 0 Å². The molecule has 7 rings (SSSR count). The Balaban J connectivity index is 1.30. The highest BCUT2D eigenvalue weighted by Crippen LogP contribution is 2.34. The molecule has 2 aromatic heterocycles. The standard InChI is InChI=1S/C45H38N2/c1-5-33-12-20-39(21-13-33)45-29-41(28-44(47-45)38-18-10-32(4)11-19-38)35-24-22-34(23-25-35)40-26-42(36-14-6-30(2)7-15-36)46-43(27-40)37-16-8-31(3)9-17-37/h6-29H,5H2,1-4H3. The maximum absolute atomic E-state index is 5.13. The Morgan fingerprint density at radius 2 is 0.574 bits per heavy atom. The molecule has 0 radical (unpaired) electrons. The van der Waals surface area contributed by atoms with Gasteiger partial charge in [-0.05, 0) is 79.3 Å². The Hall–Kier alpha value is -5.60. The zero-order valence-corrected chi connectivity index (χ0v) is 27.5. The summed E-state index contributed by atoms with van der Waals surface area (Å²) in [6.45, 7) is 8.53. The molecule has 0 aliphatic heterocycles. The average Bonchev–Trinajstić information content (AvgIpc) is 3.12. The molecule has 0 unspecified atom stereocenters. The van der Waals surface area contributed by atoms with Gasteiger partial charge in [0.05, 0.1) is 22.8 Å². The lowest BCUT2D eigenvalue weighted by atomic mass is 9.96. The molecular weight excluding hydrogens is 569 g/mol. The van der Waals surface area contributed by atoms with Crippen LogP contribution in [0.15, 0.2) is 146 Å². The summed E-state index contributed by atoms with van der Waals surface area (Å²) in [6.07, 6.45) is 1.02. The Kier molecular flexibility index (Phi) is 8.33. The first kappa shape index (κ1) is 30.1. The van der Waals surface area contributed by atoms with Crippen LogP contribution < -0.4 is 0 Å². The van der Waals surface area contributed by atoms with E-state index in [4.69, 9.17) is 9.97 Å². The van der Waals surface area contributed by atoms with Crippen molar-refractivity contribution in [1.29, 1.82) is 0 Å². The van der Waals surface area contributed by atoms with Crippen molar-refractivity contribution in [3.8, 4) is 67.3 Å². The summed E-state index contributed by atoms with van der Waals surface area (Å²) in [6, 6.07) is 52.4. The number of rotatable bonds is 7. The summed E-state index contributed by atoms with van der Waals surface area (Å²) in [5.41, 5.74) is 18.0. The molecule has 7 aromatic rings. The molecule has 0 amide bonds. The van der Waals surface area contributed by atoms with Crippen molar-refractivity contribution in [2.24, 2.45) is 0 Å². The van der Waals surface area contributed by atoms with Crippen molar-refractivity contribution in [3.63, 3.8) is 0 Å². The third-order valence-electron chi connectivity index (χ3n) is 8.90. The van der Waals surface area contributed by atoms with Gasteiger partial charge < -0.3 is 0 Å². The first-order chi connectivity index (χ1) is 22.9. The third-order valence-corrected chi connectivity index (χ3v) is 8.90. The van der Waals surface area contributed by atoms with Crippen molar-refractivity contribution in [3.05, 3.63) is 168 Å². The topological polar surface area (TPSA) is 25.8 Å². The second kappa shape index (κ2) is 13.0. The lowest BCUT2D eigenvalue weighted by Gasteiger charge is -2.13. The van der Waals surface area contributed by atoms with E-state index in [2.05, 4.69) is 173 Å². The SMILES string of the molecule is CCc1ccc(-c2cc(-c3ccc(-c4cc(-c5ccc(C)cc5)nc(-c5ccc(C)cc5)c4)cc3)cc(-c3ccc(C)cc3)n2)cc1. The molecule has 2 heteroatoms. The Morgan fingerprint density at radius 1 is 0.319 bits per heavy atom. The van der Waals surface area contributed by atoms with E-state index < -0.39 is 0 Å². The monoisotopic (exact) mass is 606 g/mol. The molecule has 0 spiro atoms. The maximum atomic E-state index is 5.13. The fourth-order valence-electron chi connectivity index (χ4n) is 5.93. The van der Waals surface area contributed by atoms with Gasteiger partial charge in [-0.1, -0.05) is 145 Å². The molecule has 0 atom stereocenters. The number of pyridine rings is 2. The fourth-order valence-corrected chi connectivity index (χ4v) is 5.93. The van der Waals surface area contributed by atoms with E-state index in [1.807, 2.05) is 0 Å². The number of benzene rings is 5. The third kappa shape index (κ3) is 6.68. The van der Waals surface area contributed by atoms with Gasteiger partial charge in [-0.15, -0.1) is 0 Å². The first-order valence-electron chi connectivity index (χ1n) is 16.4. The van der Waals surface area contributed by atoms with Crippen molar-refractivity contribution in [1.82, 2.24) is 9.97 Å². The van der Waals surface area contributed by atoms with Crippen LogP contribution in [0.3, 0.4) is 0 Å². The van der Waals surface area contributed by atoms with E-state index >= 15 is 0 Å². The Morgan fingerprint density at radius 3 is 0.851 bits per heavy atom. The second-order valence-electron chi connectivity index (χ2n) is 12.5. The molecule has 2 heterocycles. The molecule has 0 fully saturated rings. The minimum atomic E-state index is 0.970. The highest BCUT2D eigenvalue weighted by molar-refractivity contribution is 5.80. The molecular formula is C45H38N2. The van der Waals surface area contributed by atoms with Crippen LogP contribution in [0.1, 0.15) is 29.2 Å². The van der Waals surface area contributed by atoms with Gasteiger partial charge in [-0.25, -0.2) is 9.97 Å². The van der Waals surface area contributed by atoms with Crippen LogP contribution in [0.25, 0.3) is 67.3 Å². The zero-order valence-electron chi connectivity index (χ0n) is 27.5. The molecule has 2 nitrogen and oxygen atoms in total. The number of aromatic nitrogens is 2. The summed E-state index contributed by atoms with van der Waals surface area (Å²) in [7, 11) is 0. The molecule has 0 aliphatic carbocycles. The summed E-state index contributed by atoms with van der Waals surface area (Å²) in [4.78, 5) is 10.2. The first-order valence-corrected chi connectivity index (χ1v) is 16.4. The lowest BCUT2D eigenvalue weighted by Crippen LogP contribution is -1.93. The van der Waals surface area contributed by atoms with Crippen LogP contribution in [-0.2, 0) is 6.42 Å². The van der Waals surface area contributed by atoms with Crippen LogP contribution in [0.5, 0.6) is 0 Å². The molecule has 0 saturated carbocycles. The lowest BCUT2D eigenvalue weighted by molar-refractivity contribution is 1.14. The van der Waals surface area contributed by atoms with E-state index in [1.54, 1.807) is 0 Å². The minimum absolute atomic E-state index is 0.970. The van der Waals surface area contributed by atoms with Crippen molar-refractivity contribution in [2.45, 2.75) is 34.1 Å². The quantitative estimate of drug-likeness (QED) is 0.180. The molecule has 228 valence electrons. The van der Waals surface area contributed by atoms with Gasteiger partial charge in [-0.2, -0.15) is 0 Å². The van der Waals surface area contributed by atoms with Gasteiger partial charge in [0.25, 0.3) is 0 Å². The van der Waals surface area contributed by atoms with Crippen LogP contribution in [-0.4, -0.2) is 9.97 Å². The predicted molar refractivity (Wildman–Crippen MR) is 198 cm³/mol. The van der Waals surface area contributed by atoms with Crippen molar-refractivity contribution < 1.29 is 0 Å². The predicted octanol–water partition coefficient (Wildman–Crippen LogP) is 12.0. The summed E-state index contributed by atoms with van der Waals surface area (Å²) in [5.74, 6) is 0. The largest absolute Gasteiger partial charge is 0.248 e. The summed E-state index contributed by atoms with van der Waals surface area (Å²) < 4.78 is 0. The van der Waals surface area contributed by atoms with E-state index in [0.717, 1.165) is 73.7 Å². The van der Waals surface area contributed by atoms with Gasteiger partial charge in [0.1, 0.15) is 0 Å². The van der Waals surface area contributed by atoms with Gasteiger partial charge >= 0.3 is 0 Å². The molecule has 0 N–H and O–H groups in total. The number of hydrogen-bond donors (Lipinski definition) is 0. The van der Waals surface area contributed by atoms with Crippen LogP contribution in [0.2, 0.25) is 0 Å². The fraction of sp³-hybridized carbons (Fsp3) is 0.111. The smallest absolute Gasteiger partial charge is 0.0715 e. The highest BCUT2D eigenvalue weighted by Gasteiger charge is 2.12. The van der Waals surface area contributed by atoms with Crippen LogP contribution in [0.4, 0.5) is 0 Å². The number of nitrogens with zero attached hydrogens (tertiary/aromatic N) is 2. The van der Waals surface area contributed by atoms with E-state index in [1.165, 1.54) is 22.3 Å². The van der Waals surface area contributed by atoms with Gasteiger partial charge in [0.15, 0.2) is 0 Å². The van der Waals surface area contributed by atoms with Crippen molar-refractivity contribution >= 4 is 0 Å². The van der Waals surface area contributed by atoms with Gasteiger partial charge in [0.2, 0.25) is 0 Å². The minimum Gasteiger partial charge on any atom is -0.248 e. The molecule has 0 aliphatic rings. The van der Waals surface area contributed by atoms with E-state index in [-0.39, 0.29) is 0 Å². The van der Waals surface area contributed by atoms with Gasteiger partial charge in [0, 0.05) is 22.3 Å². The summed E-state index contributed by atoms with van der Waals surface area (Å²) in [5, 5.41) is 0. The van der Waals surface area contributed by atoms with Crippen LogP contribution >= 0.6 is 0 Å². The Bertz CT molecular complexity index is 2080. The Labute approximate surface area is 278 Å². The molecule has 5 aromatic carbocycles. The maximum Gasteiger partial charge on any atom is 0.0715 e. The summed E-state index contributed by atoms with van der Waals surface area (Å²) >= 11 is 0. The normalized spacial score (nSPS) is 11.1. The average molecular weight is 607 g/mol. The van der Waals surface area contributed by atoms with Crippen molar-refractivity contribution in [2.75, 3.05) is 0 Å². The molecule has 0 saturated heterocycles.